The van der Waals surface area contributed by atoms with Crippen molar-refractivity contribution in [1.82, 2.24) is 10.3 Å². The highest BCUT2D eigenvalue weighted by atomic mass is 16.4. The molecule has 49 heavy (non-hydrogen) atoms. The Morgan fingerprint density at radius 3 is 1.63 bits per heavy atom. The number of carboxylic acids is 5. The third-order valence-corrected chi connectivity index (χ3v) is 6.57. The van der Waals surface area contributed by atoms with Crippen molar-refractivity contribution in [2.75, 3.05) is 6.54 Å². The Kier molecular flexibility index (Phi) is 23.3. The van der Waals surface area contributed by atoms with Crippen molar-refractivity contribution in [2.45, 2.75) is 90.0 Å². The maximum absolute atomic E-state index is 10.6. The number of hydrogen-bond acceptors (Lipinski definition) is 11. The van der Waals surface area contributed by atoms with Gasteiger partial charge in [-0.2, -0.15) is 0 Å². The average Bonchev–Trinajstić information content (AvgIpc) is 3.68. The molecular weight excluding hydrogens is 646 g/mol. The second-order valence-corrected chi connectivity index (χ2v) is 11.8. The van der Waals surface area contributed by atoms with Gasteiger partial charge in [-0.05, 0) is 49.3 Å². The quantitative estimate of drug-likeness (QED) is 0.135. The molecule has 4 unspecified atom stereocenters. The molecule has 0 aliphatic carbocycles. The number of nitrogens with two attached hydrogens (primary N) is 5. The van der Waals surface area contributed by atoms with Crippen LogP contribution < -0.4 is 34.0 Å². The number of rotatable bonds is 12. The van der Waals surface area contributed by atoms with E-state index in [4.69, 9.17) is 48.5 Å². The zero-order valence-corrected chi connectivity index (χ0v) is 28.2. The lowest BCUT2D eigenvalue weighted by molar-refractivity contribution is -0.140. The zero-order chi connectivity index (χ0) is 38.4. The maximum Gasteiger partial charge on any atom is 0.321 e. The van der Waals surface area contributed by atoms with E-state index in [2.05, 4.69) is 16.0 Å². The summed E-state index contributed by atoms with van der Waals surface area (Å²) in [5.41, 5.74) is 27.4. The summed E-state index contributed by atoms with van der Waals surface area (Å²) in [6.07, 6.45) is 4.18. The van der Waals surface area contributed by atoms with E-state index in [0.29, 0.717) is 18.8 Å². The van der Waals surface area contributed by atoms with Gasteiger partial charge in [0, 0.05) is 23.5 Å². The average molecular weight is 700 g/mol. The summed E-state index contributed by atoms with van der Waals surface area (Å²) in [5, 5.41) is 45.6. The third-order valence-electron chi connectivity index (χ3n) is 6.57. The van der Waals surface area contributed by atoms with Crippen LogP contribution in [0.2, 0.25) is 0 Å². The molecule has 5 atom stereocenters. The molecule has 3 rings (SSSR count). The number of carbonyl (C=O) groups is 6. The number of benzene rings is 1. The Morgan fingerprint density at radius 1 is 0.796 bits per heavy atom. The van der Waals surface area contributed by atoms with Crippen molar-refractivity contribution in [3.05, 3.63) is 36.0 Å². The van der Waals surface area contributed by atoms with Gasteiger partial charge in [0.2, 0.25) is 5.91 Å². The van der Waals surface area contributed by atoms with Gasteiger partial charge in [-0.3, -0.25) is 28.8 Å². The number of para-hydroxylation sites is 1. The predicted octanol–water partition coefficient (Wildman–Crippen LogP) is -0.282. The highest BCUT2D eigenvalue weighted by Gasteiger charge is 2.20. The number of carboxylic acid groups (broad SMARTS) is 5. The SMILES string of the molecule is CC(C)C(N)C(=O)O.CC(C)CC(N)C(=O)O.NC(=O)CC(N)C(=O)O.NC(Cc1c[nH]c2ccccc12)C(=O)O.O=C(O)[C@@H]1CCCN1. The normalized spacial score (nSPS) is 15.7. The molecule has 0 radical (unpaired) electrons. The minimum atomic E-state index is -1.21. The van der Waals surface area contributed by atoms with E-state index in [1.165, 1.54) is 0 Å². The Labute approximate surface area is 284 Å². The van der Waals surface area contributed by atoms with Crippen molar-refractivity contribution in [3.8, 4) is 0 Å². The smallest absolute Gasteiger partial charge is 0.321 e. The number of fused-ring (bicyclic) bond motifs is 1. The second-order valence-electron chi connectivity index (χ2n) is 11.8. The van der Waals surface area contributed by atoms with E-state index in [1.54, 1.807) is 13.8 Å². The Bertz CT molecular complexity index is 1320. The fourth-order valence-electron chi connectivity index (χ4n) is 3.72. The van der Waals surface area contributed by atoms with E-state index < -0.39 is 59.9 Å². The van der Waals surface area contributed by atoms with Crippen LogP contribution in [0, 0.1) is 11.8 Å². The molecule has 18 heteroatoms. The van der Waals surface area contributed by atoms with Crippen LogP contribution in [0.25, 0.3) is 10.9 Å². The van der Waals surface area contributed by atoms with E-state index >= 15 is 0 Å². The summed E-state index contributed by atoms with van der Waals surface area (Å²) in [4.78, 5) is 63.9. The van der Waals surface area contributed by atoms with Crippen LogP contribution in [0.3, 0.4) is 0 Å². The Balaban J connectivity index is 0. The van der Waals surface area contributed by atoms with Gasteiger partial charge in [0.25, 0.3) is 0 Å². The van der Waals surface area contributed by atoms with Crippen molar-refractivity contribution < 1.29 is 54.3 Å². The lowest BCUT2D eigenvalue weighted by atomic mass is 10.1. The molecule has 0 spiro atoms. The van der Waals surface area contributed by atoms with Crippen LogP contribution in [-0.2, 0) is 35.2 Å². The van der Waals surface area contributed by atoms with Gasteiger partial charge in [-0.1, -0.05) is 45.9 Å². The zero-order valence-electron chi connectivity index (χ0n) is 28.2. The molecule has 18 nitrogen and oxygen atoms in total. The minimum absolute atomic E-state index is 0.0208. The van der Waals surface area contributed by atoms with Gasteiger partial charge in [0.1, 0.15) is 30.2 Å². The topological polar surface area (TPSA) is 361 Å². The number of amides is 1. The Hall–Kier alpha value is -4.62. The molecule has 1 aromatic carbocycles. The number of aliphatic carboxylic acids is 5. The molecule has 0 bridgehead atoms. The number of aromatic nitrogens is 1. The molecule has 1 saturated heterocycles. The van der Waals surface area contributed by atoms with E-state index in [9.17, 15) is 28.8 Å². The summed E-state index contributed by atoms with van der Waals surface area (Å²) in [5.74, 6) is -5.08. The van der Waals surface area contributed by atoms with Crippen molar-refractivity contribution in [1.29, 1.82) is 0 Å². The summed E-state index contributed by atoms with van der Waals surface area (Å²) in [7, 11) is 0. The molecule has 1 aliphatic rings. The molecular formula is C31H53N7O11. The predicted molar refractivity (Wildman–Crippen MR) is 181 cm³/mol. The van der Waals surface area contributed by atoms with Crippen LogP contribution in [-0.4, -0.2) is 103 Å². The summed E-state index contributed by atoms with van der Waals surface area (Å²) in [6, 6.07) is 4.08. The number of aromatic amines is 1. The number of H-pyrrole nitrogens is 1. The second kappa shape index (κ2) is 24.5. The molecule has 1 amide bonds. The van der Waals surface area contributed by atoms with Crippen molar-refractivity contribution >= 4 is 46.7 Å². The van der Waals surface area contributed by atoms with Crippen LogP contribution in [0.15, 0.2) is 30.5 Å². The highest BCUT2D eigenvalue weighted by molar-refractivity contribution is 5.84. The van der Waals surface area contributed by atoms with Gasteiger partial charge in [0.15, 0.2) is 0 Å². The maximum atomic E-state index is 10.6. The van der Waals surface area contributed by atoms with Gasteiger partial charge in [-0.25, -0.2) is 0 Å². The molecule has 0 saturated carbocycles. The largest absolute Gasteiger partial charge is 0.480 e. The van der Waals surface area contributed by atoms with Gasteiger partial charge in [0.05, 0.1) is 6.42 Å². The molecule has 17 N–H and O–H groups in total. The van der Waals surface area contributed by atoms with Gasteiger partial charge < -0.3 is 64.5 Å². The first kappa shape index (κ1) is 46.5. The van der Waals surface area contributed by atoms with Crippen LogP contribution in [0.4, 0.5) is 0 Å². The molecule has 2 heterocycles. The first-order valence-corrected chi connectivity index (χ1v) is 15.3. The fourth-order valence-corrected chi connectivity index (χ4v) is 3.72. The number of nitrogens with one attached hydrogen (secondary N) is 2. The standard InChI is InChI=1S/C11H12N2O2.C6H13NO2.C5H9NO2.C5H11NO2.C4H8N2O3/c12-9(11(14)15)5-7-6-13-10-4-2-1-3-8(7)10;1-4(2)3-5(7)6(8)9;7-5(8)4-2-1-3-6-4;1-3(2)4(6)5(7)8;5-2(4(8)9)1-3(6)7/h1-4,6,9,13H,5,12H2,(H,14,15);4-5H,3,7H2,1-2H3,(H,8,9);4,6H,1-3H2,(H,7,8);3-4H,6H2,1-2H3,(H,7,8);2H,1,5H2,(H2,6,7)(H,8,9)/t;;4-;;/m..0../s1. The van der Waals surface area contributed by atoms with Crippen molar-refractivity contribution in [3.63, 3.8) is 0 Å². The molecule has 278 valence electrons. The highest BCUT2D eigenvalue weighted by Crippen LogP contribution is 2.18. The Morgan fingerprint density at radius 2 is 1.33 bits per heavy atom. The van der Waals surface area contributed by atoms with E-state index in [-0.39, 0.29) is 18.4 Å². The van der Waals surface area contributed by atoms with E-state index in [0.717, 1.165) is 35.9 Å². The first-order chi connectivity index (χ1) is 22.6. The lowest BCUT2D eigenvalue weighted by Gasteiger charge is -2.07. The molecule has 1 aromatic heterocycles. The van der Waals surface area contributed by atoms with Gasteiger partial charge in [-0.15, -0.1) is 0 Å². The van der Waals surface area contributed by atoms with Crippen LogP contribution >= 0.6 is 0 Å². The third kappa shape index (κ3) is 21.8. The van der Waals surface area contributed by atoms with Crippen molar-refractivity contribution in [2.24, 2.45) is 40.5 Å². The summed E-state index contributed by atoms with van der Waals surface area (Å²) >= 11 is 0. The molecule has 1 fully saturated rings. The van der Waals surface area contributed by atoms with Crippen LogP contribution in [0.5, 0.6) is 0 Å². The monoisotopic (exact) mass is 699 g/mol. The fraction of sp³-hybridized carbons (Fsp3) is 0.548. The lowest BCUT2D eigenvalue weighted by Crippen LogP contribution is -2.34. The number of hydrogen-bond donors (Lipinski definition) is 12. The summed E-state index contributed by atoms with van der Waals surface area (Å²) < 4.78 is 0. The molecule has 1 aliphatic heterocycles. The van der Waals surface area contributed by atoms with Gasteiger partial charge >= 0.3 is 29.8 Å². The number of primary amides is 1. The molecule has 2 aromatic rings. The van der Waals surface area contributed by atoms with Crippen LogP contribution in [0.1, 0.15) is 58.9 Å². The summed E-state index contributed by atoms with van der Waals surface area (Å²) in [6.45, 7) is 8.31. The number of carbonyl (C=O) groups excluding carboxylic acids is 1. The first-order valence-electron chi connectivity index (χ1n) is 15.3. The van der Waals surface area contributed by atoms with E-state index in [1.807, 2.05) is 44.3 Å². The minimum Gasteiger partial charge on any atom is -0.480 e.